The van der Waals surface area contributed by atoms with Gasteiger partial charge in [-0.15, -0.1) is 0 Å². The second-order valence-corrected chi connectivity index (χ2v) is 7.12. The van der Waals surface area contributed by atoms with Crippen molar-refractivity contribution < 1.29 is 19.0 Å². The molecule has 2 aliphatic rings. The third-order valence-electron chi connectivity index (χ3n) is 5.39. The Labute approximate surface area is 163 Å². The summed E-state index contributed by atoms with van der Waals surface area (Å²) >= 11 is 0. The number of anilines is 1. The number of rotatable bonds is 3. The molecule has 0 amide bonds. The minimum absolute atomic E-state index is 0.00450. The molecule has 10 nitrogen and oxygen atoms in total. The number of halogens is 1. The molecule has 1 saturated heterocycles. The Morgan fingerprint density at radius 1 is 1.34 bits per heavy atom. The van der Waals surface area contributed by atoms with E-state index in [1.807, 2.05) is 4.90 Å². The van der Waals surface area contributed by atoms with Gasteiger partial charge in [0.1, 0.15) is 16.8 Å². The molecule has 0 saturated carbocycles. The van der Waals surface area contributed by atoms with E-state index in [0.29, 0.717) is 18.6 Å². The highest BCUT2D eigenvalue weighted by molar-refractivity contribution is 5.97. The normalized spacial score (nSPS) is 18.3. The maximum Gasteiger partial charge on any atom is 0.341 e. The summed E-state index contributed by atoms with van der Waals surface area (Å²) in [5.41, 5.74) is -0.549. The van der Waals surface area contributed by atoms with Crippen LogP contribution in [0.2, 0.25) is 0 Å². The lowest BCUT2D eigenvalue weighted by Gasteiger charge is -2.33. The van der Waals surface area contributed by atoms with E-state index >= 15 is 4.39 Å². The predicted molar refractivity (Wildman–Crippen MR) is 101 cm³/mol. The Kier molecular flexibility index (Phi) is 3.73. The highest BCUT2D eigenvalue weighted by Gasteiger charge is 2.33. The molecule has 2 aromatic heterocycles. The molecule has 1 N–H and O–H groups in total. The zero-order valence-corrected chi connectivity index (χ0v) is 15.4. The van der Waals surface area contributed by atoms with E-state index in [1.54, 1.807) is 29.2 Å². The summed E-state index contributed by atoms with van der Waals surface area (Å²) < 4.78 is 22.5. The molecule has 5 rings (SSSR count). The van der Waals surface area contributed by atoms with Crippen molar-refractivity contribution in [1.82, 2.24) is 19.7 Å². The van der Waals surface area contributed by atoms with Crippen LogP contribution >= 0.6 is 0 Å². The molecule has 3 aromatic rings. The van der Waals surface area contributed by atoms with Crippen molar-refractivity contribution in [2.45, 2.75) is 12.5 Å². The van der Waals surface area contributed by atoms with Gasteiger partial charge in [0.2, 0.25) is 5.43 Å². The Bertz CT molecular complexity index is 1190. The quantitative estimate of drug-likeness (QED) is 0.688. The summed E-state index contributed by atoms with van der Waals surface area (Å²) in [4.78, 5) is 27.6. The molecule has 1 atom stereocenters. The van der Waals surface area contributed by atoms with Gasteiger partial charge in [-0.1, -0.05) is 0 Å². The second kappa shape index (κ2) is 6.19. The van der Waals surface area contributed by atoms with Gasteiger partial charge in [-0.2, -0.15) is 15.0 Å². The van der Waals surface area contributed by atoms with Gasteiger partial charge in [-0.05, 0) is 12.5 Å². The number of ether oxygens (including phenoxy) is 1. The molecule has 150 valence electrons. The maximum atomic E-state index is 15.2. The SMILES string of the molecule is CN1COc2c(N3CCC(n4nccn4)C3)c(F)cc3c(=O)c(C(=O)O)cn1c23. The molecule has 0 aliphatic carbocycles. The summed E-state index contributed by atoms with van der Waals surface area (Å²) in [7, 11) is 1.69. The van der Waals surface area contributed by atoms with Crippen LogP contribution in [-0.2, 0) is 0 Å². The smallest absolute Gasteiger partial charge is 0.341 e. The highest BCUT2D eigenvalue weighted by Crippen LogP contribution is 2.42. The van der Waals surface area contributed by atoms with Crippen LogP contribution in [0.1, 0.15) is 22.8 Å². The van der Waals surface area contributed by atoms with Crippen LogP contribution < -0.4 is 20.1 Å². The molecule has 0 bridgehead atoms. The van der Waals surface area contributed by atoms with E-state index in [9.17, 15) is 14.7 Å². The number of carbonyl (C=O) groups is 1. The van der Waals surface area contributed by atoms with Crippen LogP contribution in [0.4, 0.5) is 10.1 Å². The molecule has 0 spiro atoms. The Morgan fingerprint density at radius 2 is 2.10 bits per heavy atom. The Hall–Kier alpha value is -3.63. The summed E-state index contributed by atoms with van der Waals surface area (Å²) in [5.74, 6) is -1.75. The Balaban J connectivity index is 1.69. The molecule has 1 unspecified atom stereocenters. The van der Waals surface area contributed by atoms with Crippen molar-refractivity contribution in [3.05, 3.63) is 46.3 Å². The molecular weight excluding hydrogens is 383 g/mol. The monoisotopic (exact) mass is 400 g/mol. The summed E-state index contributed by atoms with van der Waals surface area (Å²) in [5, 5.41) is 19.3. The first-order chi connectivity index (χ1) is 14.0. The predicted octanol–water partition coefficient (Wildman–Crippen LogP) is 0.799. The average Bonchev–Trinajstić information content (AvgIpc) is 3.37. The van der Waals surface area contributed by atoms with Crippen molar-refractivity contribution in [1.29, 1.82) is 0 Å². The van der Waals surface area contributed by atoms with E-state index in [0.717, 1.165) is 12.5 Å². The molecule has 1 aromatic carbocycles. The van der Waals surface area contributed by atoms with Gasteiger partial charge < -0.3 is 14.7 Å². The van der Waals surface area contributed by atoms with Crippen LogP contribution in [0, 0.1) is 5.82 Å². The van der Waals surface area contributed by atoms with Gasteiger partial charge in [0, 0.05) is 26.3 Å². The number of hydrogen-bond acceptors (Lipinski definition) is 7. The summed E-state index contributed by atoms with van der Waals surface area (Å²) in [6, 6.07) is 1.09. The standard InChI is InChI=1S/C18H17FN6O4/c1-22-9-29-17-14-11(16(26)12(18(27)28)8-24(14)22)6-13(19)15(17)23-5-2-10(7-23)25-20-3-4-21-25/h3-4,6,8,10H,2,5,7,9H2,1H3,(H,27,28). The van der Waals surface area contributed by atoms with Crippen LogP contribution in [0.15, 0.2) is 29.5 Å². The maximum absolute atomic E-state index is 15.2. The lowest BCUT2D eigenvalue weighted by Crippen LogP contribution is -2.40. The fraction of sp³-hybridized carbons (Fsp3) is 0.333. The van der Waals surface area contributed by atoms with Gasteiger partial charge in [0.25, 0.3) is 0 Å². The zero-order chi connectivity index (χ0) is 20.3. The lowest BCUT2D eigenvalue weighted by molar-refractivity contribution is 0.0694. The van der Waals surface area contributed by atoms with E-state index < -0.39 is 22.8 Å². The summed E-state index contributed by atoms with van der Waals surface area (Å²) in [6.07, 6.45) is 5.18. The number of aromatic nitrogens is 4. The zero-order valence-electron chi connectivity index (χ0n) is 15.4. The highest BCUT2D eigenvalue weighted by atomic mass is 19.1. The van der Waals surface area contributed by atoms with Gasteiger partial charge in [-0.25, -0.2) is 9.18 Å². The van der Waals surface area contributed by atoms with Gasteiger partial charge >= 0.3 is 5.97 Å². The second-order valence-electron chi connectivity index (χ2n) is 7.12. The molecule has 0 radical (unpaired) electrons. The van der Waals surface area contributed by atoms with E-state index in [2.05, 4.69) is 10.2 Å². The van der Waals surface area contributed by atoms with Crippen molar-refractivity contribution in [2.75, 3.05) is 36.8 Å². The number of hydrogen-bond donors (Lipinski definition) is 1. The first kappa shape index (κ1) is 17.5. The van der Waals surface area contributed by atoms with Gasteiger partial charge in [-0.3, -0.25) is 14.5 Å². The average molecular weight is 400 g/mol. The fourth-order valence-corrected chi connectivity index (χ4v) is 4.02. The number of nitrogens with zero attached hydrogens (tertiary/aromatic N) is 6. The number of benzene rings is 1. The molecule has 29 heavy (non-hydrogen) atoms. The first-order valence-electron chi connectivity index (χ1n) is 9.06. The van der Waals surface area contributed by atoms with Crippen molar-refractivity contribution in [3.8, 4) is 5.75 Å². The number of aromatic carboxylic acids is 1. The third kappa shape index (κ3) is 2.53. The molecule has 1 fully saturated rings. The van der Waals surface area contributed by atoms with Crippen molar-refractivity contribution >= 4 is 22.6 Å². The fourth-order valence-electron chi connectivity index (χ4n) is 4.02. The van der Waals surface area contributed by atoms with E-state index in [4.69, 9.17) is 4.74 Å². The van der Waals surface area contributed by atoms with Gasteiger partial charge in [0.05, 0.1) is 23.8 Å². The molecule has 2 aliphatic heterocycles. The van der Waals surface area contributed by atoms with Crippen molar-refractivity contribution in [3.63, 3.8) is 0 Å². The minimum Gasteiger partial charge on any atom is -0.477 e. The largest absolute Gasteiger partial charge is 0.477 e. The van der Waals surface area contributed by atoms with Gasteiger partial charge in [0.15, 0.2) is 18.3 Å². The van der Waals surface area contributed by atoms with Crippen LogP contribution in [0.3, 0.4) is 0 Å². The van der Waals surface area contributed by atoms with E-state index in [1.165, 1.54) is 10.9 Å². The topological polar surface area (TPSA) is 106 Å². The van der Waals surface area contributed by atoms with Crippen LogP contribution in [-0.4, -0.2) is 57.6 Å². The van der Waals surface area contributed by atoms with E-state index in [-0.39, 0.29) is 29.6 Å². The van der Waals surface area contributed by atoms with Crippen LogP contribution in [0.25, 0.3) is 10.9 Å². The number of carboxylic acids is 1. The minimum atomic E-state index is -1.36. The summed E-state index contributed by atoms with van der Waals surface area (Å²) in [6.45, 7) is 1.14. The molecule has 11 heteroatoms. The third-order valence-corrected chi connectivity index (χ3v) is 5.39. The first-order valence-corrected chi connectivity index (χ1v) is 9.06. The lowest BCUT2D eigenvalue weighted by atomic mass is 10.1. The van der Waals surface area contributed by atoms with Crippen LogP contribution in [0.5, 0.6) is 5.75 Å². The number of carboxylic acid groups (broad SMARTS) is 1. The Morgan fingerprint density at radius 3 is 2.83 bits per heavy atom. The molecule has 4 heterocycles. The molecular formula is C18H17FN6O4. The number of pyridine rings is 1. The van der Waals surface area contributed by atoms with Crippen molar-refractivity contribution in [2.24, 2.45) is 0 Å².